The first-order chi connectivity index (χ1) is 14.4. The summed E-state index contributed by atoms with van der Waals surface area (Å²) < 4.78 is 26.9. The van der Waals surface area contributed by atoms with E-state index in [4.69, 9.17) is 0 Å². The minimum atomic E-state index is -3.65. The average molecular weight is 431 g/mol. The van der Waals surface area contributed by atoms with Gasteiger partial charge in [0, 0.05) is 18.8 Å². The number of carbonyl (C=O) groups excluding carboxylic acids is 2. The average Bonchev–Trinajstić information content (AvgIpc) is 2.77. The summed E-state index contributed by atoms with van der Waals surface area (Å²) in [7, 11) is -3.65. The number of nitrogens with zero attached hydrogens (tertiary/aromatic N) is 1. The Balaban J connectivity index is 1.49. The normalized spacial score (nSPS) is 17.2. The molecule has 1 heterocycles. The molecule has 160 valence electrons. The Morgan fingerprint density at radius 2 is 1.73 bits per heavy atom. The van der Waals surface area contributed by atoms with E-state index in [0.717, 1.165) is 11.3 Å². The van der Waals surface area contributed by atoms with Crippen LogP contribution < -0.4 is 16.2 Å². The third kappa shape index (κ3) is 5.58. The van der Waals surface area contributed by atoms with Crippen LogP contribution in [0.25, 0.3) is 0 Å². The monoisotopic (exact) mass is 430 g/mol. The van der Waals surface area contributed by atoms with Crippen LogP contribution in [0, 0.1) is 12.8 Å². The van der Waals surface area contributed by atoms with Gasteiger partial charge < -0.3 is 5.32 Å². The number of hydrazine groups is 1. The summed E-state index contributed by atoms with van der Waals surface area (Å²) in [6.07, 6.45) is 1.14. The molecule has 1 fully saturated rings. The van der Waals surface area contributed by atoms with Crippen molar-refractivity contribution in [1.82, 2.24) is 15.2 Å². The fourth-order valence-corrected chi connectivity index (χ4v) is 4.79. The van der Waals surface area contributed by atoms with Gasteiger partial charge in [0.2, 0.25) is 15.9 Å². The lowest BCUT2D eigenvalue weighted by Gasteiger charge is -2.31. The SMILES string of the molecule is Cc1ccc(NCC(=O)NNC(=O)C2CCCN(S(=O)(=O)c3ccccc3)C2)cc1. The summed E-state index contributed by atoms with van der Waals surface area (Å²) in [5.41, 5.74) is 6.71. The van der Waals surface area contributed by atoms with E-state index in [0.29, 0.717) is 19.4 Å². The quantitative estimate of drug-likeness (QED) is 0.604. The van der Waals surface area contributed by atoms with Gasteiger partial charge in [-0.3, -0.25) is 20.4 Å². The molecule has 0 saturated carbocycles. The van der Waals surface area contributed by atoms with Crippen LogP contribution in [-0.4, -0.2) is 44.2 Å². The highest BCUT2D eigenvalue weighted by Crippen LogP contribution is 2.23. The summed E-state index contributed by atoms with van der Waals surface area (Å²) in [6, 6.07) is 15.8. The molecular weight excluding hydrogens is 404 g/mol. The van der Waals surface area contributed by atoms with Gasteiger partial charge in [-0.1, -0.05) is 35.9 Å². The first kappa shape index (κ1) is 21.8. The number of piperidine rings is 1. The maximum absolute atomic E-state index is 12.8. The second kappa shape index (κ2) is 9.73. The zero-order valence-electron chi connectivity index (χ0n) is 16.8. The van der Waals surface area contributed by atoms with E-state index in [1.807, 2.05) is 31.2 Å². The van der Waals surface area contributed by atoms with Gasteiger partial charge in [-0.25, -0.2) is 8.42 Å². The second-order valence-electron chi connectivity index (χ2n) is 7.27. The van der Waals surface area contributed by atoms with Crippen molar-refractivity contribution in [3.63, 3.8) is 0 Å². The molecule has 8 nitrogen and oxygen atoms in total. The van der Waals surface area contributed by atoms with Crippen LogP contribution in [0.1, 0.15) is 18.4 Å². The molecule has 2 aromatic carbocycles. The Labute approximate surface area is 176 Å². The molecule has 30 heavy (non-hydrogen) atoms. The number of anilines is 1. The molecule has 0 radical (unpaired) electrons. The van der Waals surface area contributed by atoms with Crippen LogP contribution in [-0.2, 0) is 19.6 Å². The van der Waals surface area contributed by atoms with Gasteiger partial charge in [-0.2, -0.15) is 4.31 Å². The molecule has 0 aromatic heterocycles. The van der Waals surface area contributed by atoms with E-state index >= 15 is 0 Å². The maximum Gasteiger partial charge on any atom is 0.257 e. The van der Waals surface area contributed by atoms with E-state index in [9.17, 15) is 18.0 Å². The molecule has 3 N–H and O–H groups in total. The summed E-state index contributed by atoms with van der Waals surface area (Å²) in [5.74, 6) is -1.32. The third-order valence-corrected chi connectivity index (χ3v) is 6.85. The first-order valence-electron chi connectivity index (χ1n) is 9.81. The molecule has 0 spiro atoms. The van der Waals surface area contributed by atoms with E-state index in [-0.39, 0.29) is 18.0 Å². The lowest BCUT2D eigenvalue weighted by atomic mass is 9.99. The largest absolute Gasteiger partial charge is 0.376 e. The zero-order chi connectivity index (χ0) is 21.6. The molecule has 1 aliphatic rings. The molecule has 1 saturated heterocycles. The minimum absolute atomic E-state index is 0.00250. The predicted molar refractivity (Wildman–Crippen MR) is 114 cm³/mol. The number of hydrogen-bond acceptors (Lipinski definition) is 5. The Morgan fingerprint density at radius 3 is 2.43 bits per heavy atom. The van der Waals surface area contributed by atoms with Gasteiger partial charge in [0.05, 0.1) is 17.4 Å². The Kier molecular flexibility index (Phi) is 7.07. The van der Waals surface area contributed by atoms with E-state index in [1.165, 1.54) is 4.31 Å². The van der Waals surface area contributed by atoms with E-state index in [1.54, 1.807) is 30.3 Å². The van der Waals surface area contributed by atoms with Crippen LogP contribution in [0.15, 0.2) is 59.5 Å². The van der Waals surface area contributed by atoms with Gasteiger partial charge >= 0.3 is 0 Å². The summed E-state index contributed by atoms with van der Waals surface area (Å²) in [4.78, 5) is 24.6. The topological polar surface area (TPSA) is 108 Å². The number of benzene rings is 2. The van der Waals surface area contributed by atoms with Crippen molar-refractivity contribution >= 4 is 27.5 Å². The number of carbonyl (C=O) groups is 2. The minimum Gasteiger partial charge on any atom is -0.376 e. The fraction of sp³-hybridized carbons (Fsp3) is 0.333. The number of amides is 2. The third-order valence-electron chi connectivity index (χ3n) is 4.97. The highest BCUT2D eigenvalue weighted by molar-refractivity contribution is 7.89. The molecule has 1 aliphatic heterocycles. The molecule has 1 unspecified atom stereocenters. The zero-order valence-corrected chi connectivity index (χ0v) is 17.6. The van der Waals surface area contributed by atoms with Gasteiger partial charge in [-0.15, -0.1) is 0 Å². The van der Waals surface area contributed by atoms with Crippen LogP contribution in [0.5, 0.6) is 0 Å². The van der Waals surface area contributed by atoms with E-state index < -0.39 is 27.8 Å². The van der Waals surface area contributed by atoms with Crippen LogP contribution >= 0.6 is 0 Å². The van der Waals surface area contributed by atoms with Gasteiger partial charge in [0.25, 0.3) is 5.91 Å². The summed E-state index contributed by atoms with van der Waals surface area (Å²) in [5, 5.41) is 2.97. The van der Waals surface area contributed by atoms with Crippen molar-refractivity contribution in [1.29, 1.82) is 0 Å². The molecule has 3 rings (SSSR count). The standard InChI is InChI=1S/C21H26N4O4S/c1-16-9-11-18(12-10-16)22-14-20(26)23-24-21(27)17-6-5-13-25(15-17)30(28,29)19-7-3-2-4-8-19/h2-4,7-12,17,22H,5-6,13-15H2,1H3,(H,23,26)(H,24,27). The number of aryl methyl sites for hydroxylation is 1. The molecule has 9 heteroatoms. The van der Waals surface area contributed by atoms with Crippen LogP contribution in [0.2, 0.25) is 0 Å². The highest BCUT2D eigenvalue weighted by atomic mass is 32.2. The summed E-state index contributed by atoms with van der Waals surface area (Å²) >= 11 is 0. The lowest BCUT2D eigenvalue weighted by Crippen LogP contribution is -2.50. The molecule has 1 atom stereocenters. The fourth-order valence-electron chi connectivity index (χ4n) is 3.25. The second-order valence-corrected chi connectivity index (χ2v) is 9.21. The molecule has 2 amide bonds. The van der Waals surface area contributed by atoms with E-state index in [2.05, 4.69) is 16.2 Å². The maximum atomic E-state index is 12.8. The Bertz CT molecular complexity index is 978. The van der Waals surface area contributed by atoms with Gasteiger partial charge in [0.1, 0.15) is 0 Å². The predicted octanol–water partition coefficient (Wildman–Crippen LogP) is 1.66. The molecule has 2 aromatic rings. The number of sulfonamides is 1. The van der Waals surface area contributed by atoms with Crippen molar-refractivity contribution in [3.8, 4) is 0 Å². The number of hydrogen-bond donors (Lipinski definition) is 3. The van der Waals surface area contributed by atoms with Gasteiger partial charge in [0.15, 0.2) is 0 Å². The van der Waals surface area contributed by atoms with Crippen molar-refractivity contribution in [2.24, 2.45) is 5.92 Å². The number of rotatable bonds is 6. The number of nitrogens with one attached hydrogen (secondary N) is 3. The van der Waals surface area contributed by atoms with Crippen molar-refractivity contribution < 1.29 is 18.0 Å². The molecule has 0 bridgehead atoms. The van der Waals surface area contributed by atoms with Crippen molar-refractivity contribution in [2.45, 2.75) is 24.7 Å². The van der Waals surface area contributed by atoms with Gasteiger partial charge in [-0.05, 0) is 44.0 Å². The van der Waals surface area contributed by atoms with Crippen LogP contribution in [0.4, 0.5) is 5.69 Å². The molecular formula is C21H26N4O4S. The highest BCUT2D eigenvalue weighted by Gasteiger charge is 2.33. The Hall–Kier alpha value is -2.91. The smallest absolute Gasteiger partial charge is 0.257 e. The lowest BCUT2D eigenvalue weighted by molar-refractivity contribution is -0.131. The van der Waals surface area contributed by atoms with Crippen molar-refractivity contribution in [2.75, 3.05) is 25.0 Å². The summed E-state index contributed by atoms with van der Waals surface area (Å²) in [6.45, 7) is 2.43. The Morgan fingerprint density at radius 1 is 1.03 bits per heavy atom. The van der Waals surface area contributed by atoms with Crippen LogP contribution in [0.3, 0.4) is 0 Å². The molecule has 0 aliphatic carbocycles. The van der Waals surface area contributed by atoms with Crippen molar-refractivity contribution in [3.05, 3.63) is 60.2 Å². The first-order valence-corrected chi connectivity index (χ1v) is 11.2.